The minimum atomic E-state index is -0.556. The Morgan fingerprint density at radius 3 is 2.56 bits per heavy atom. The summed E-state index contributed by atoms with van der Waals surface area (Å²) in [6.07, 6.45) is 1.79. The summed E-state index contributed by atoms with van der Waals surface area (Å²) in [5.74, 6) is -0.247. The molecule has 4 heteroatoms. The molecule has 0 aliphatic carbocycles. The maximum Gasteiger partial charge on any atom is 0.187 e. The van der Waals surface area contributed by atoms with Crippen molar-refractivity contribution in [1.29, 1.82) is 0 Å². The van der Waals surface area contributed by atoms with Crippen molar-refractivity contribution in [3.63, 3.8) is 0 Å². The molecule has 0 bridgehead atoms. The molecule has 1 aliphatic heterocycles. The molecule has 3 rings (SSSR count). The Labute approximate surface area is 149 Å². The summed E-state index contributed by atoms with van der Waals surface area (Å²) in [4.78, 5) is 5.65. The molecule has 2 aromatic rings. The van der Waals surface area contributed by atoms with Gasteiger partial charge in [-0.05, 0) is 62.3 Å². The third kappa shape index (κ3) is 3.73. The highest BCUT2D eigenvalue weighted by Gasteiger charge is 2.41. The second-order valence-corrected chi connectivity index (χ2v) is 6.48. The van der Waals surface area contributed by atoms with Crippen LogP contribution in [0.3, 0.4) is 0 Å². The normalized spacial score (nSPS) is 18.5. The summed E-state index contributed by atoms with van der Waals surface area (Å²) in [6.45, 7) is 8.63. The van der Waals surface area contributed by atoms with Gasteiger partial charge < -0.3 is 9.64 Å². The molecule has 0 saturated heterocycles. The second kappa shape index (κ2) is 7.77. The van der Waals surface area contributed by atoms with Crippen LogP contribution in [-0.4, -0.2) is 25.5 Å². The topological polar surface area (TPSA) is 16.8 Å². The van der Waals surface area contributed by atoms with Gasteiger partial charge in [-0.1, -0.05) is 37.8 Å². The number of hydrogen-bond acceptors (Lipinski definition) is 2. The van der Waals surface area contributed by atoms with Crippen LogP contribution >= 0.6 is 0 Å². The van der Waals surface area contributed by atoms with Crippen LogP contribution in [0.1, 0.15) is 37.0 Å². The van der Waals surface area contributed by atoms with Gasteiger partial charge in [-0.2, -0.15) is 0 Å². The van der Waals surface area contributed by atoms with E-state index in [1.54, 1.807) is 0 Å². The minimum Gasteiger partial charge on any atom is -0.361 e. The van der Waals surface area contributed by atoms with E-state index < -0.39 is 5.60 Å². The van der Waals surface area contributed by atoms with Crippen molar-refractivity contribution in [2.45, 2.75) is 32.5 Å². The van der Waals surface area contributed by atoms with E-state index in [-0.39, 0.29) is 13.2 Å². The van der Waals surface area contributed by atoms with Gasteiger partial charge in [0.1, 0.15) is 11.4 Å². The SMILES string of the molecule is C.[C-]#[N+]c1ccc2c(c1)CO[C@@]2(CCCN(C)C)c1ccc(F)cc1. The zero-order chi connectivity index (χ0) is 17.2. The Morgan fingerprint density at radius 1 is 1.20 bits per heavy atom. The van der Waals surface area contributed by atoms with E-state index in [2.05, 4.69) is 23.8 Å². The van der Waals surface area contributed by atoms with E-state index in [0.29, 0.717) is 12.3 Å². The Balaban J connectivity index is 0.00000225. The number of nitrogens with zero attached hydrogens (tertiary/aromatic N) is 2. The summed E-state index contributed by atoms with van der Waals surface area (Å²) in [5, 5.41) is 0. The fourth-order valence-corrected chi connectivity index (χ4v) is 3.40. The number of ether oxygens (including phenoxy) is 1. The van der Waals surface area contributed by atoms with Crippen LogP contribution in [-0.2, 0) is 16.9 Å². The Morgan fingerprint density at radius 2 is 1.92 bits per heavy atom. The van der Waals surface area contributed by atoms with Gasteiger partial charge in [0.05, 0.1) is 13.2 Å². The first kappa shape index (κ1) is 19.1. The van der Waals surface area contributed by atoms with Gasteiger partial charge >= 0.3 is 0 Å². The molecule has 3 nitrogen and oxygen atoms in total. The lowest BCUT2D eigenvalue weighted by atomic mass is 9.82. The summed E-state index contributed by atoms with van der Waals surface area (Å²) in [5.41, 5.74) is 3.19. The lowest BCUT2D eigenvalue weighted by Crippen LogP contribution is -2.28. The van der Waals surface area contributed by atoms with Crippen LogP contribution in [0.4, 0.5) is 10.1 Å². The monoisotopic (exact) mass is 340 g/mol. The molecule has 0 amide bonds. The molecule has 0 unspecified atom stereocenters. The maximum atomic E-state index is 13.4. The van der Waals surface area contributed by atoms with E-state index in [0.717, 1.165) is 36.1 Å². The number of hydrogen-bond donors (Lipinski definition) is 0. The average Bonchev–Trinajstić information content (AvgIpc) is 2.94. The molecule has 0 saturated carbocycles. The highest BCUT2D eigenvalue weighted by molar-refractivity contribution is 5.54. The van der Waals surface area contributed by atoms with Crippen molar-refractivity contribution in [3.05, 3.63) is 76.4 Å². The molecule has 25 heavy (non-hydrogen) atoms. The van der Waals surface area contributed by atoms with Crippen LogP contribution in [0.25, 0.3) is 4.85 Å². The van der Waals surface area contributed by atoms with Gasteiger partial charge in [0, 0.05) is 0 Å². The van der Waals surface area contributed by atoms with Crippen molar-refractivity contribution < 1.29 is 9.13 Å². The fourth-order valence-electron chi connectivity index (χ4n) is 3.40. The van der Waals surface area contributed by atoms with E-state index in [9.17, 15) is 4.39 Å². The lowest BCUT2D eigenvalue weighted by molar-refractivity contribution is -0.0140. The van der Waals surface area contributed by atoms with Crippen LogP contribution < -0.4 is 0 Å². The van der Waals surface area contributed by atoms with Crippen molar-refractivity contribution >= 4 is 5.69 Å². The first-order valence-electron chi connectivity index (χ1n) is 8.11. The Kier molecular flexibility index (Phi) is 5.94. The summed E-state index contributed by atoms with van der Waals surface area (Å²) >= 11 is 0. The van der Waals surface area contributed by atoms with E-state index in [1.165, 1.54) is 12.1 Å². The Hall–Kier alpha value is -2.22. The van der Waals surface area contributed by atoms with Gasteiger partial charge in [-0.15, -0.1) is 0 Å². The Bertz CT molecular complexity index is 764. The zero-order valence-electron chi connectivity index (χ0n) is 14.1. The third-order valence-electron chi connectivity index (χ3n) is 4.57. The predicted octanol–water partition coefficient (Wildman–Crippen LogP) is 5.13. The van der Waals surface area contributed by atoms with Gasteiger partial charge in [0.25, 0.3) is 0 Å². The van der Waals surface area contributed by atoms with Gasteiger partial charge in [0.15, 0.2) is 5.69 Å². The van der Waals surface area contributed by atoms with E-state index in [4.69, 9.17) is 11.3 Å². The predicted molar refractivity (Wildman–Crippen MR) is 99.2 cm³/mol. The smallest absolute Gasteiger partial charge is 0.187 e. The minimum absolute atomic E-state index is 0. The number of rotatable bonds is 5. The van der Waals surface area contributed by atoms with E-state index >= 15 is 0 Å². The largest absolute Gasteiger partial charge is 0.361 e. The average molecular weight is 340 g/mol. The molecule has 0 aromatic heterocycles. The number of halogens is 1. The van der Waals surface area contributed by atoms with Crippen LogP contribution in [0.15, 0.2) is 42.5 Å². The van der Waals surface area contributed by atoms with Crippen molar-refractivity contribution in [2.75, 3.05) is 20.6 Å². The fraction of sp³-hybridized carbons (Fsp3) is 0.381. The quantitative estimate of drug-likeness (QED) is 0.702. The molecular formula is C21H25FN2O. The standard InChI is InChI=1S/C20H21FN2O.CH4/c1-22-18-9-10-19-15(13-18)14-24-20(19,11-4-12-23(2)3)16-5-7-17(21)8-6-16;/h5-10,13H,4,11-12,14H2,2-3H3;1H4/t20-;/m0./s1. The van der Waals surface area contributed by atoms with Crippen LogP contribution in [0.2, 0.25) is 0 Å². The summed E-state index contributed by atoms with van der Waals surface area (Å²) in [7, 11) is 4.10. The molecule has 1 atom stereocenters. The second-order valence-electron chi connectivity index (χ2n) is 6.48. The van der Waals surface area contributed by atoms with Crippen LogP contribution in [0.5, 0.6) is 0 Å². The molecule has 0 spiro atoms. The first-order chi connectivity index (χ1) is 11.5. The molecule has 0 N–H and O–H groups in total. The van der Waals surface area contributed by atoms with Crippen LogP contribution in [0, 0.1) is 12.4 Å². The number of fused-ring (bicyclic) bond motifs is 1. The maximum absolute atomic E-state index is 13.4. The van der Waals surface area contributed by atoms with Crippen molar-refractivity contribution in [2.24, 2.45) is 0 Å². The molecule has 1 aliphatic rings. The zero-order valence-corrected chi connectivity index (χ0v) is 14.1. The summed E-state index contributed by atoms with van der Waals surface area (Å²) < 4.78 is 19.6. The molecule has 0 radical (unpaired) electrons. The van der Waals surface area contributed by atoms with E-state index in [1.807, 2.05) is 30.3 Å². The van der Waals surface area contributed by atoms with Crippen molar-refractivity contribution in [1.82, 2.24) is 4.90 Å². The van der Waals surface area contributed by atoms with Gasteiger partial charge in [-0.3, -0.25) is 0 Å². The van der Waals surface area contributed by atoms with Crippen molar-refractivity contribution in [3.8, 4) is 0 Å². The molecule has 0 fully saturated rings. The molecule has 1 heterocycles. The number of benzene rings is 2. The summed E-state index contributed by atoms with van der Waals surface area (Å²) in [6, 6.07) is 12.3. The highest BCUT2D eigenvalue weighted by Crippen LogP contribution is 2.46. The molecule has 2 aromatic carbocycles. The lowest BCUT2D eigenvalue weighted by Gasteiger charge is -2.31. The highest BCUT2D eigenvalue weighted by atomic mass is 19.1. The third-order valence-corrected chi connectivity index (χ3v) is 4.57. The molecular weight excluding hydrogens is 315 g/mol. The first-order valence-corrected chi connectivity index (χ1v) is 8.11. The molecule has 132 valence electrons. The van der Waals surface area contributed by atoms with Gasteiger partial charge in [-0.25, -0.2) is 9.24 Å². The van der Waals surface area contributed by atoms with Gasteiger partial charge in [0.2, 0.25) is 0 Å².